The number of nitrogens with one attached hydrogen (secondary N) is 1. The van der Waals surface area contributed by atoms with Crippen LogP contribution in [0.5, 0.6) is 5.75 Å². The summed E-state index contributed by atoms with van der Waals surface area (Å²) in [5, 5.41) is 3.53. The van der Waals surface area contributed by atoms with Crippen molar-refractivity contribution in [2.24, 2.45) is 0 Å². The quantitative estimate of drug-likeness (QED) is 0.934. The summed E-state index contributed by atoms with van der Waals surface area (Å²) >= 11 is 0. The first-order valence-corrected chi connectivity index (χ1v) is 7.90. The summed E-state index contributed by atoms with van der Waals surface area (Å²) < 4.78 is 5.19. The minimum Gasteiger partial charge on any atom is -0.497 e. The van der Waals surface area contributed by atoms with E-state index in [1.165, 1.54) is 11.1 Å². The molecule has 23 heavy (non-hydrogen) atoms. The highest BCUT2D eigenvalue weighted by molar-refractivity contribution is 5.94. The summed E-state index contributed by atoms with van der Waals surface area (Å²) in [6.07, 6.45) is 0.918. The molecule has 4 nitrogen and oxygen atoms in total. The van der Waals surface area contributed by atoms with Crippen molar-refractivity contribution >= 4 is 17.3 Å². The highest BCUT2D eigenvalue weighted by atomic mass is 16.5. The van der Waals surface area contributed by atoms with E-state index in [0.717, 1.165) is 30.1 Å². The molecule has 4 heteroatoms. The maximum absolute atomic E-state index is 11.6. The molecule has 120 valence electrons. The summed E-state index contributed by atoms with van der Waals surface area (Å²) in [5.74, 6) is 0.971. The molecule has 1 aliphatic heterocycles. The topological polar surface area (TPSA) is 41.6 Å². The van der Waals surface area contributed by atoms with E-state index in [-0.39, 0.29) is 11.9 Å². The van der Waals surface area contributed by atoms with Gasteiger partial charge in [-0.3, -0.25) is 4.79 Å². The molecule has 0 aliphatic carbocycles. The Morgan fingerprint density at radius 2 is 1.96 bits per heavy atom. The number of rotatable bonds is 4. The fourth-order valence-corrected chi connectivity index (χ4v) is 3.04. The average Bonchev–Trinajstić information content (AvgIpc) is 2.98. The average molecular weight is 310 g/mol. The third-order valence-corrected chi connectivity index (χ3v) is 4.35. The molecular formula is C19H22N2O2. The van der Waals surface area contributed by atoms with Crippen LogP contribution in [0.2, 0.25) is 0 Å². The molecule has 0 fully saturated rings. The molecule has 2 aromatic rings. The Labute approximate surface area is 137 Å². The number of carbonyl (C=O) groups is 1. The minimum atomic E-state index is 0.107. The Morgan fingerprint density at radius 3 is 2.61 bits per heavy atom. The number of carbonyl (C=O) groups excluding carboxylic acids is 1. The van der Waals surface area contributed by atoms with Gasteiger partial charge >= 0.3 is 0 Å². The summed E-state index contributed by atoms with van der Waals surface area (Å²) in [7, 11) is 1.67. The van der Waals surface area contributed by atoms with Gasteiger partial charge in [0.05, 0.1) is 7.11 Å². The molecule has 1 unspecified atom stereocenters. The van der Waals surface area contributed by atoms with Crippen molar-refractivity contribution in [2.75, 3.05) is 23.9 Å². The van der Waals surface area contributed by atoms with Crippen molar-refractivity contribution in [1.82, 2.24) is 0 Å². The Hall–Kier alpha value is -2.49. The van der Waals surface area contributed by atoms with Crippen molar-refractivity contribution < 1.29 is 9.53 Å². The molecule has 1 atom stereocenters. The molecule has 1 amide bonds. The van der Waals surface area contributed by atoms with Crippen LogP contribution in [0, 0.1) is 0 Å². The molecule has 2 aromatic carbocycles. The first-order chi connectivity index (χ1) is 11.1. The monoisotopic (exact) mass is 310 g/mol. The van der Waals surface area contributed by atoms with Gasteiger partial charge in [-0.05, 0) is 54.8 Å². The largest absolute Gasteiger partial charge is 0.497 e. The number of fused-ring (bicyclic) bond motifs is 1. The van der Waals surface area contributed by atoms with Crippen LogP contribution < -0.4 is 15.0 Å². The van der Waals surface area contributed by atoms with Crippen molar-refractivity contribution in [3.05, 3.63) is 53.6 Å². The lowest BCUT2D eigenvalue weighted by atomic mass is 10.1. The van der Waals surface area contributed by atoms with Gasteiger partial charge in [-0.15, -0.1) is 0 Å². The minimum absolute atomic E-state index is 0.107. The fraction of sp³-hybridized carbons (Fsp3) is 0.316. The second-order valence-electron chi connectivity index (χ2n) is 5.90. The van der Waals surface area contributed by atoms with Crippen LogP contribution >= 0.6 is 0 Å². The van der Waals surface area contributed by atoms with E-state index >= 15 is 0 Å². The molecule has 0 bridgehead atoms. The number of hydrogen-bond donors (Lipinski definition) is 1. The van der Waals surface area contributed by atoms with Crippen molar-refractivity contribution in [3.63, 3.8) is 0 Å². The number of amides is 1. The maximum atomic E-state index is 11.6. The molecule has 0 saturated heterocycles. The van der Waals surface area contributed by atoms with Gasteiger partial charge in [-0.2, -0.15) is 0 Å². The first kappa shape index (κ1) is 15.4. The molecule has 3 rings (SSSR count). The van der Waals surface area contributed by atoms with Crippen LogP contribution in [-0.4, -0.2) is 19.6 Å². The van der Waals surface area contributed by atoms with Crippen molar-refractivity contribution in [3.8, 4) is 5.75 Å². The van der Waals surface area contributed by atoms with Crippen molar-refractivity contribution in [2.45, 2.75) is 26.3 Å². The van der Waals surface area contributed by atoms with Gasteiger partial charge in [0.25, 0.3) is 0 Å². The summed E-state index contributed by atoms with van der Waals surface area (Å²) in [6, 6.07) is 14.5. The maximum Gasteiger partial charge on any atom is 0.223 e. The van der Waals surface area contributed by atoms with Crippen LogP contribution in [0.1, 0.15) is 31.0 Å². The molecule has 0 saturated carbocycles. The van der Waals surface area contributed by atoms with Crippen LogP contribution in [0.15, 0.2) is 42.5 Å². The highest BCUT2D eigenvalue weighted by Gasteiger charge is 2.22. The van der Waals surface area contributed by atoms with E-state index in [0.29, 0.717) is 0 Å². The van der Waals surface area contributed by atoms with Crippen molar-refractivity contribution in [1.29, 1.82) is 0 Å². The Kier molecular flexibility index (Phi) is 4.24. The molecule has 0 spiro atoms. The Balaban J connectivity index is 1.74. The molecule has 1 N–H and O–H groups in total. The third kappa shape index (κ3) is 3.16. The van der Waals surface area contributed by atoms with E-state index in [2.05, 4.69) is 30.4 Å². The standard InChI is InChI=1S/C19H22N2O2/c1-13(15-4-7-18(23-3)8-5-15)20-17-6-9-19-16(12-17)10-11-21(19)14(2)22/h4-9,12-13,20H,10-11H2,1-3H3. The Morgan fingerprint density at radius 1 is 1.22 bits per heavy atom. The number of nitrogens with zero attached hydrogens (tertiary/aromatic N) is 1. The number of anilines is 2. The van der Waals surface area contributed by atoms with Gasteiger partial charge in [-0.25, -0.2) is 0 Å². The fourth-order valence-electron chi connectivity index (χ4n) is 3.04. The second-order valence-corrected chi connectivity index (χ2v) is 5.90. The van der Waals surface area contributed by atoms with Crippen LogP contribution in [-0.2, 0) is 11.2 Å². The van der Waals surface area contributed by atoms with E-state index in [1.54, 1.807) is 14.0 Å². The second kappa shape index (κ2) is 6.32. The zero-order chi connectivity index (χ0) is 16.4. The molecule has 1 heterocycles. The molecule has 0 aromatic heterocycles. The SMILES string of the molecule is COc1ccc(C(C)Nc2ccc3c(c2)CCN3C(C)=O)cc1. The van der Waals surface area contributed by atoms with Gasteiger partial charge in [0.2, 0.25) is 5.91 Å². The normalized spacial score (nSPS) is 14.3. The lowest BCUT2D eigenvalue weighted by molar-refractivity contribution is -0.116. The number of ether oxygens (including phenoxy) is 1. The van der Waals surface area contributed by atoms with E-state index < -0.39 is 0 Å². The number of hydrogen-bond acceptors (Lipinski definition) is 3. The lowest BCUT2D eigenvalue weighted by Crippen LogP contribution is -2.25. The van der Waals surface area contributed by atoms with Gasteiger partial charge in [0.1, 0.15) is 5.75 Å². The van der Waals surface area contributed by atoms with Crippen LogP contribution in [0.3, 0.4) is 0 Å². The molecule has 0 radical (unpaired) electrons. The van der Waals surface area contributed by atoms with Crippen LogP contribution in [0.4, 0.5) is 11.4 Å². The summed E-state index contributed by atoms with van der Waals surface area (Å²) in [6.45, 7) is 4.53. The third-order valence-electron chi connectivity index (χ3n) is 4.35. The van der Waals surface area contributed by atoms with Crippen LogP contribution in [0.25, 0.3) is 0 Å². The van der Waals surface area contributed by atoms with E-state index in [1.807, 2.05) is 29.2 Å². The summed E-state index contributed by atoms with van der Waals surface area (Å²) in [4.78, 5) is 13.4. The smallest absolute Gasteiger partial charge is 0.223 e. The van der Waals surface area contributed by atoms with Gasteiger partial charge in [0.15, 0.2) is 0 Å². The number of benzene rings is 2. The number of methoxy groups -OCH3 is 1. The molecule has 1 aliphatic rings. The zero-order valence-electron chi connectivity index (χ0n) is 13.8. The lowest BCUT2D eigenvalue weighted by Gasteiger charge is -2.18. The van der Waals surface area contributed by atoms with Gasteiger partial charge in [0, 0.05) is 30.9 Å². The van der Waals surface area contributed by atoms with Gasteiger partial charge < -0.3 is 15.0 Å². The first-order valence-electron chi connectivity index (χ1n) is 7.90. The molecular weight excluding hydrogens is 288 g/mol. The summed E-state index contributed by atoms with van der Waals surface area (Å²) in [5.41, 5.74) is 4.56. The predicted molar refractivity (Wildman–Crippen MR) is 93.2 cm³/mol. The highest BCUT2D eigenvalue weighted by Crippen LogP contribution is 2.31. The van der Waals surface area contributed by atoms with E-state index in [9.17, 15) is 4.79 Å². The Bertz CT molecular complexity index is 710. The zero-order valence-corrected chi connectivity index (χ0v) is 13.8. The van der Waals surface area contributed by atoms with Gasteiger partial charge in [-0.1, -0.05) is 12.1 Å². The van der Waals surface area contributed by atoms with E-state index in [4.69, 9.17) is 4.74 Å². The predicted octanol–water partition coefficient (Wildman–Crippen LogP) is 3.78.